The van der Waals surface area contributed by atoms with Gasteiger partial charge < -0.3 is 10.1 Å². The first-order valence-electron chi connectivity index (χ1n) is 6.84. The molecule has 0 aliphatic carbocycles. The number of nitrogens with one attached hydrogen (secondary N) is 1. The smallest absolute Gasteiger partial charge is 0.127 e. The summed E-state index contributed by atoms with van der Waals surface area (Å²) < 4.78 is 19.2. The van der Waals surface area contributed by atoms with Gasteiger partial charge in [-0.2, -0.15) is 5.26 Å². The van der Waals surface area contributed by atoms with Crippen LogP contribution in [0.5, 0.6) is 5.75 Å². The second-order valence-electron chi connectivity index (χ2n) is 4.63. The third kappa shape index (κ3) is 4.30. The number of nitriles is 1. The number of halogens is 1. The minimum absolute atomic E-state index is 0.244. The Morgan fingerprint density at radius 3 is 2.81 bits per heavy atom. The molecule has 0 fully saturated rings. The fourth-order valence-electron chi connectivity index (χ4n) is 1.99. The van der Waals surface area contributed by atoms with Crippen molar-refractivity contribution < 1.29 is 9.13 Å². The van der Waals surface area contributed by atoms with Crippen LogP contribution in [0.3, 0.4) is 0 Å². The van der Waals surface area contributed by atoms with Crippen LogP contribution in [0.15, 0.2) is 42.5 Å². The van der Waals surface area contributed by atoms with Crippen LogP contribution in [0, 0.1) is 17.1 Å². The van der Waals surface area contributed by atoms with Gasteiger partial charge in [0.25, 0.3) is 0 Å². The highest BCUT2D eigenvalue weighted by Crippen LogP contribution is 2.19. The molecule has 0 unspecified atom stereocenters. The summed E-state index contributed by atoms with van der Waals surface area (Å²) in [7, 11) is 0. The molecule has 2 aromatic carbocycles. The van der Waals surface area contributed by atoms with Gasteiger partial charge in [0, 0.05) is 18.2 Å². The summed E-state index contributed by atoms with van der Waals surface area (Å²) in [6.45, 7) is 3.66. The van der Waals surface area contributed by atoms with Crippen molar-refractivity contribution in [2.24, 2.45) is 0 Å². The predicted octanol–water partition coefficient (Wildman–Crippen LogP) is 3.39. The minimum atomic E-state index is -0.325. The molecule has 0 amide bonds. The van der Waals surface area contributed by atoms with Crippen LogP contribution in [-0.2, 0) is 13.2 Å². The molecule has 0 saturated heterocycles. The summed E-state index contributed by atoms with van der Waals surface area (Å²) in [6, 6.07) is 14.0. The van der Waals surface area contributed by atoms with Gasteiger partial charge in [0.1, 0.15) is 18.2 Å². The van der Waals surface area contributed by atoms with Gasteiger partial charge in [0.2, 0.25) is 0 Å². The van der Waals surface area contributed by atoms with Crippen molar-refractivity contribution in [3.05, 3.63) is 65.0 Å². The van der Waals surface area contributed by atoms with E-state index in [0.717, 1.165) is 17.7 Å². The lowest BCUT2D eigenvalue weighted by atomic mass is 10.1. The van der Waals surface area contributed by atoms with Crippen molar-refractivity contribution in [3.63, 3.8) is 0 Å². The maximum absolute atomic E-state index is 13.6. The molecule has 0 radical (unpaired) electrons. The number of nitrogens with zero attached hydrogens (tertiary/aromatic N) is 1. The lowest BCUT2D eigenvalue weighted by molar-refractivity contribution is 0.304. The predicted molar refractivity (Wildman–Crippen MR) is 79.3 cm³/mol. The van der Waals surface area contributed by atoms with Crippen LogP contribution in [0.2, 0.25) is 0 Å². The molecule has 0 atom stereocenters. The molecule has 3 nitrogen and oxygen atoms in total. The summed E-state index contributed by atoms with van der Waals surface area (Å²) >= 11 is 0. The molecule has 0 aromatic heterocycles. The first-order chi connectivity index (χ1) is 10.2. The lowest BCUT2D eigenvalue weighted by Gasteiger charge is -2.10. The van der Waals surface area contributed by atoms with E-state index < -0.39 is 0 Å². The second kappa shape index (κ2) is 7.41. The van der Waals surface area contributed by atoms with Gasteiger partial charge in [-0.25, -0.2) is 4.39 Å². The Hall–Kier alpha value is -2.38. The van der Waals surface area contributed by atoms with Crippen LogP contribution in [0.1, 0.15) is 23.6 Å². The van der Waals surface area contributed by atoms with Crippen molar-refractivity contribution in [2.75, 3.05) is 6.54 Å². The highest BCUT2D eigenvalue weighted by atomic mass is 19.1. The summed E-state index contributed by atoms with van der Waals surface area (Å²) in [5, 5.41) is 12.2. The van der Waals surface area contributed by atoms with Crippen molar-refractivity contribution in [2.45, 2.75) is 20.1 Å². The van der Waals surface area contributed by atoms with Crippen LogP contribution < -0.4 is 10.1 Å². The largest absolute Gasteiger partial charge is 0.489 e. The summed E-state index contributed by atoms with van der Waals surface area (Å²) in [5.74, 6) is 0.143. The Morgan fingerprint density at radius 2 is 2.05 bits per heavy atom. The maximum atomic E-state index is 13.6. The van der Waals surface area contributed by atoms with Crippen molar-refractivity contribution >= 4 is 0 Å². The highest BCUT2D eigenvalue weighted by Gasteiger charge is 2.05. The molecular weight excluding hydrogens is 267 g/mol. The van der Waals surface area contributed by atoms with Gasteiger partial charge >= 0.3 is 0 Å². The number of ether oxygens (including phenoxy) is 1. The van der Waals surface area contributed by atoms with E-state index in [2.05, 4.69) is 11.4 Å². The third-order valence-electron chi connectivity index (χ3n) is 3.04. The van der Waals surface area contributed by atoms with Crippen LogP contribution in [0.25, 0.3) is 0 Å². The van der Waals surface area contributed by atoms with Crippen LogP contribution in [0.4, 0.5) is 4.39 Å². The summed E-state index contributed by atoms with van der Waals surface area (Å²) in [4.78, 5) is 0. The van der Waals surface area contributed by atoms with Gasteiger partial charge in [-0.05, 0) is 30.3 Å². The Balaban J connectivity index is 2.09. The van der Waals surface area contributed by atoms with Crippen LogP contribution >= 0.6 is 0 Å². The van der Waals surface area contributed by atoms with Gasteiger partial charge in [0.15, 0.2) is 0 Å². The van der Waals surface area contributed by atoms with Crippen LogP contribution in [-0.4, -0.2) is 6.54 Å². The van der Waals surface area contributed by atoms with E-state index >= 15 is 0 Å². The van der Waals surface area contributed by atoms with Gasteiger partial charge in [-0.15, -0.1) is 0 Å². The van der Waals surface area contributed by atoms with Gasteiger partial charge in [-0.3, -0.25) is 0 Å². The Bertz CT molecular complexity index is 649. The van der Waals surface area contributed by atoms with E-state index in [-0.39, 0.29) is 12.4 Å². The Labute approximate surface area is 124 Å². The topological polar surface area (TPSA) is 45.0 Å². The van der Waals surface area contributed by atoms with Gasteiger partial charge in [-0.1, -0.05) is 25.1 Å². The normalized spacial score (nSPS) is 10.1. The zero-order valence-electron chi connectivity index (χ0n) is 11.9. The fraction of sp³-hybridized carbons (Fsp3) is 0.235. The van der Waals surface area contributed by atoms with E-state index in [9.17, 15) is 4.39 Å². The molecule has 2 aromatic rings. The Kier molecular flexibility index (Phi) is 5.30. The average Bonchev–Trinajstić information content (AvgIpc) is 2.50. The molecule has 1 N–H and O–H groups in total. The average molecular weight is 284 g/mol. The molecule has 0 aliphatic rings. The van der Waals surface area contributed by atoms with E-state index in [1.807, 2.05) is 19.1 Å². The molecular formula is C17H17FN2O. The molecule has 4 heteroatoms. The zero-order valence-corrected chi connectivity index (χ0v) is 11.9. The molecule has 2 rings (SSSR count). The number of hydrogen-bond acceptors (Lipinski definition) is 3. The summed E-state index contributed by atoms with van der Waals surface area (Å²) in [6.07, 6.45) is 0. The molecule has 0 bridgehead atoms. The van der Waals surface area contributed by atoms with Crippen molar-refractivity contribution in [1.82, 2.24) is 5.32 Å². The standard InChI is InChI=1S/C17H17FN2O/c1-2-20-11-13-7-16(18)9-17(8-13)21-12-15-6-4-3-5-14(15)10-19/h3-9,20H,2,11-12H2,1H3. The van der Waals surface area contributed by atoms with Crippen molar-refractivity contribution in [1.29, 1.82) is 5.26 Å². The highest BCUT2D eigenvalue weighted by molar-refractivity contribution is 5.37. The number of benzene rings is 2. The van der Waals surface area contributed by atoms with Gasteiger partial charge in [0.05, 0.1) is 11.6 Å². The van der Waals surface area contributed by atoms with Crippen molar-refractivity contribution in [3.8, 4) is 11.8 Å². The SMILES string of the molecule is CCNCc1cc(F)cc(OCc2ccccc2C#N)c1. The lowest BCUT2D eigenvalue weighted by Crippen LogP contribution is -2.12. The minimum Gasteiger partial charge on any atom is -0.489 e. The quantitative estimate of drug-likeness (QED) is 0.884. The Morgan fingerprint density at radius 1 is 1.24 bits per heavy atom. The third-order valence-corrected chi connectivity index (χ3v) is 3.04. The van der Waals surface area contributed by atoms with E-state index in [1.165, 1.54) is 12.1 Å². The molecule has 0 spiro atoms. The van der Waals surface area contributed by atoms with E-state index in [4.69, 9.17) is 10.00 Å². The summed E-state index contributed by atoms with van der Waals surface area (Å²) in [5.41, 5.74) is 2.19. The molecule has 0 aliphatic heterocycles. The van der Waals surface area contributed by atoms with E-state index in [0.29, 0.717) is 17.9 Å². The monoisotopic (exact) mass is 284 g/mol. The molecule has 108 valence electrons. The number of hydrogen-bond donors (Lipinski definition) is 1. The molecule has 21 heavy (non-hydrogen) atoms. The maximum Gasteiger partial charge on any atom is 0.127 e. The molecule has 0 saturated carbocycles. The number of rotatable bonds is 6. The zero-order chi connectivity index (χ0) is 15.1. The first-order valence-corrected chi connectivity index (χ1v) is 6.84. The van der Waals surface area contributed by atoms with E-state index in [1.54, 1.807) is 18.2 Å². The fourth-order valence-corrected chi connectivity index (χ4v) is 1.99. The first kappa shape index (κ1) is 15.0. The molecule has 0 heterocycles. The second-order valence-corrected chi connectivity index (χ2v) is 4.63.